The highest BCUT2D eigenvalue weighted by molar-refractivity contribution is 6.12. The number of ketones is 1. The lowest BCUT2D eigenvalue weighted by Gasteiger charge is -2.20. The van der Waals surface area contributed by atoms with Crippen LogP contribution in [0.4, 0.5) is 0 Å². The van der Waals surface area contributed by atoms with E-state index in [1.807, 2.05) is 19.9 Å². The largest absolute Gasteiger partial charge is 0.407 e. The number of hydrogen-bond acceptors (Lipinski definition) is 4. The van der Waals surface area contributed by atoms with E-state index in [0.717, 1.165) is 44.1 Å². The van der Waals surface area contributed by atoms with Crippen molar-refractivity contribution in [3.63, 3.8) is 0 Å². The number of fused-ring (bicyclic) bond motifs is 1. The summed E-state index contributed by atoms with van der Waals surface area (Å²) in [6.07, 6.45) is 8.79. The number of benzene rings is 1. The second kappa shape index (κ2) is 8.37. The molecule has 1 heterocycles. The number of carbonyl (C=O) groups is 2. The predicted octanol–water partition coefficient (Wildman–Crippen LogP) is 5.29. The van der Waals surface area contributed by atoms with Crippen LogP contribution in [0.2, 0.25) is 0 Å². The molecule has 1 saturated carbocycles. The van der Waals surface area contributed by atoms with Crippen LogP contribution in [0.3, 0.4) is 0 Å². The summed E-state index contributed by atoms with van der Waals surface area (Å²) in [6, 6.07) is 2.00. The van der Waals surface area contributed by atoms with Gasteiger partial charge in [0, 0.05) is 12.1 Å². The van der Waals surface area contributed by atoms with E-state index in [1.165, 1.54) is 23.1 Å². The van der Waals surface area contributed by atoms with E-state index in [9.17, 15) is 9.59 Å². The molecule has 0 spiro atoms. The van der Waals surface area contributed by atoms with E-state index in [1.54, 1.807) is 10.9 Å². The van der Waals surface area contributed by atoms with Gasteiger partial charge in [-0.1, -0.05) is 26.2 Å². The highest BCUT2D eigenvalue weighted by atomic mass is 16.5. The summed E-state index contributed by atoms with van der Waals surface area (Å²) in [4.78, 5) is 26.4. The Morgan fingerprint density at radius 2 is 1.87 bits per heavy atom. The molecule has 0 saturated heterocycles. The fourth-order valence-electron chi connectivity index (χ4n) is 5.26. The Kier molecular flexibility index (Phi) is 5.81. The lowest BCUT2D eigenvalue weighted by atomic mass is 9.88. The Bertz CT molecular complexity index is 983. The Labute approximate surface area is 178 Å². The van der Waals surface area contributed by atoms with Gasteiger partial charge in [0.15, 0.2) is 5.78 Å². The van der Waals surface area contributed by atoms with Gasteiger partial charge in [-0.15, -0.1) is 0 Å². The zero-order valence-corrected chi connectivity index (χ0v) is 18.6. The average Bonchev–Trinajstić information content (AvgIpc) is 3.34. The van der Waals surface area contributed by atoms with Crippen molar-refractivity contribution in [2.75, 3.05) is 0 Å². The smallest absolute Gasteiger partial charge is 0.315 e. The monoisotopic (exact) mass is 408 g/mol. The standard InChI is InChI=1S/C25H32N2O3/c1-5-27-24(30-25(29)18-9-7-6-8-10-18)21(14-26-27)23(28)20-13-16(3)19-12-11-15(2)22(19)17(20)4/h13-15,18H,5-12H2,1-4H3. The summed E-state index contributed by atoms with van der Waals surface area (Å²) < 4.78 is 7.43. The van der Waals surface area contributed by atoms with Crippen LogP contribution in [-0.2, 0) is 17.8 Å². The SMILES string of the molecule is CCn1ncc(C(=O)c2cc(C)c3c(c2C)C(C)CC3)c1OC(=O)C1CCCCC1. The number of esters is 1. The minimum Gasteiger partial charge on any atom is -0.407 e. The number of hydrogen-bond donors (Lipinski definition) is 0. The number of carbonyl (C=O) groups excluding carboxylic acids is 2. The van der Waals surface area contributed by atoms with Crippen LogP contribution >= 0.6 is 0 Å². The zero-order chi connectivity index (χ0) is 21.4. The maximum atomic E-state index is 13.6. The van der Waals surface area contributed by atoms with Crippen LogP contribution in [0.15, 0.2) is 12.3 Å². The lowest BCUT2D eigenvalue weighted by molar-refractivity contribution is -0.140. The maximum Gasteiger partial charge on any atom is 0.315 e. The van der Waals surface area contributed by atoms with Crippen molar-refractivity contribution in [3.05, 3.63) is 45.6 Å². The number of nitrogens with zero attached hydrogens (tertiary/aromatic N) is 2. The first kappa shape index (κ1) is 20.8. The summed E-state index contributed by atoms with van der Waals surface area (Å²) in [5.41, 5.74) is 6.03. The highest BCUT2D eigenvalue weighted by Crippen LogP contribution is 2.39. The van der Waals surface area contributed by atoms with E-state index in [2.05, 4.69) is 18.9 Å². The Morgan fingerprint density at radius 1 is 1.13 bits per heavy atom. The van der Waals surface area contributed by atoms with Crippen LogP contribution in [0.1, 0.15) is 96.5 Å². The molecule has 1 atom stereocenters. The Morgan fingerprint density at radius 3 is 2.57 bits per heavy atom. The van der Waals surface area contributed by atoms with E-state index in [-0.39, 0.29) is 17.7 Å². The quantitative estimate of drug-likeness (QED) is 0.498. The molecule has 5 nitrogen and oxygen atoms in total. The molecule has 160 valence electrons. The van der Waals surface area contributed by atoms with Gasteiger partial charge in [0.05, 0.1) is 12.1 Å². The summed E-state index contributed by atoms with van der Waals surface area (Å²) in [5, 5.41) is 4.34. The van der Waals surface area contributed by atoms with Crippen molar-refractivity contribution in [3.8, 4) is 5.88 Å². The van der Waals surface area contributed by atoms with Gasteiger partial charge < -0.3 is 4.74 Å². The van der Waals surface area contributed by atoms with Crippen LogP contribution in [0, 0.1) is 19.8 Å². The Balaban J connectivity index is 1.69. The molecule has 2 aliphatic carbocycles. The molecule has 0 amide bonds. The van der Waals surface area contributed by atoms with Crippen molar-refractivity contribution in [2.24, 2.45) is 5.92 Å². The first-order chi connectivity index (χ1) is 14.4. The summed E-state index contributed by atoms with van der Waals surface area (Å²) >= 11 is 0. The summed E-state index contributed by atoms with van der Waals surface area (Å²) in [7, 11) is 0. The molecule has 0 bridgehead atoms. The number of ether oxygens (including phenoxy) is 1. The van der Waals surface area contributed by atoms with Gasteiger partial charge >= 0.3 is 5.97 Å². The molecular formula is C25H32N2O3. The fourth-order valence-corrected chi connectivity index (χ4v) is 5.26. The third-order valence-electron chi connectivity index (χ3n) is 7.01. The summed E-state index contributed by atoms with van der Waals surface area (Å²) in [6.45, 7) is 8.85. The van der Waals surface area contributed by atoms with Gasteiger partial charge in [0.2, 0.25) is 5.88 Å². The molecule has 0 aliphatic heterocycles. The van der Waals surface area contributed by atoms with E-state index >= 15 is 0 Å². The molecular weight excluding hydrogens is 376 g/mol. The Hall–Kier alpha value is -2.43. The van der Waals surface area contributed by atoms with Crippen LogP contribution < -0.4 is 4.74 Å². The lowest BCUT2D eigenvalue weighted by Crippen LogP contribution is -2.24. The molecule has 2 aliphatic rings. The van der Waals surface area contributed by atoms with Gasteiger partial charge in [0.25, 0.3) is 0 Å². The van der Waals surface area contributed by atoms with Gasteiger partial charge in [-0.3, -0.25) is 9.59 Å². The molecule has 1 aromatic carbocycles. The average molecular weight is 409 g/mol. The maximum absolute atomic E-state index is 13.6. The topological polar surface area (TPSA) is 61.2 Å². The van der Waals surface area contributed by atoms with Crippen molar-refractivity contribution in [1.82, 2.24) is 9.78 Å². The summed E-state index contributed by atoms with van der Waals surface area (Å²) in [5.74, 6) is 0.349. The predicted molar refractivity (Wildman–Crippen MR) is 116 cm³/mol. The molecule has 0 radical (unpaired) electrons. The van der Waals surface area contributed by atoms with E-state index in [0.29, 0.717) is 29.5 Å². The minimum absolute atomic E-state index is 0.0771. The molecule has 0 N–H and O–H groups in total. The number of aryl methyl sites for hydroxylation is 2. The third kappa shape index (κ3) is 3.59. The molecule has 30 heavy (non-hydrogen) atoms. The number of rotatable bonds is 5. The van der Waals surface area contributed by atoms with Gasteiger partial charge in [-0.2, -0.15) is 5.10 Å². The van der Waals surface area contributed by atoms with E-state index < -0.39 is 0 Å². The second-order valence-electron chi connectivity index (χ2n) is 8.96. The first-order valence-corrected chi connectivity index (χ1v) is 11.4. The normalized spacial score (nSPS) is 19.0. The van der Waals surface area contributed by atoms with Crippen molar-refractivity contribution < 1.29 is 14.3 Å². The highest BCUT2D eigenvalue weighted by Gasteiger charge is 2.30. The van der Waals surface area contributed by atoms with Gasteiger partial charge in [-0.25, -0.2) is 4.68 Å². The molecule has 5 heteroatoms. The van der Waals surface area contributed by atoms with Crippen LogP contribution in [-0.4, -0.2) is 21.5 Å². The molecule has 2 aromatic rings. The molecule has 1 fully saturated rings. The number of aromatic nitrogens is 2. The van der Waals surface area contributed by atoms with Crippen molar-refractivity contribution in [1.29, 1.82) is 0 Å². The second-order valence-corrected chi connectivity index (χ2v) is 8.96. The third-order valence-corrected chi connectivity index (χ3v) is 7.01. The van der Waals surface area contributed by atoms with E-state index in [4.69, 9.17) is 4.74 Å². The minimum atomic E-state index is -0.227. The molecule has 1 unspecified atom stereocenters. The van der Waals surface area contributed by atoms with Crippen LogP contribution in [0.5, 0.6) is 5.88 Å². The molecule has 4 rings (SSSR count). The zero-order valence-electron chi connectivity index (χ0n) is 18.6. The van der Waals surface area contributed by atoms with Gasteiger partial charge in [-0.05, 0) is 80.7 Å². The van der Waals surface area contributed by atoms with Crippen molar-refractivity contribution >= 4 is 11.8 Å². The first-order valence-electron chi connectivity index (χ1n) is 11.4. The van der Waals surface area contributed by atoms with Gasteiger partial charge in [0.1, 0.15) is 5.56 Å². The fraction of sp³-hybridized carbons (Fsp3) is 0.560. The van der Waals surface area contributed by atoms with Crippen LogP contribution in [0.25, 0.3) is 0 Å². The molecule has 1 aromatic heterocycles. The van der Waals surface area contributed by atoms with Crippen molar-refractivity contribution in [2.45, 2.75) is 85.1 Å².